The van der Waals surface area contributed by atoms with E-state index < -0.39 is 12.5 Å². The molecule has 1 rings (SSSR count). The molecule has 0 saturated carbocycles. The average Bonchev–Trinajstić information content (AvgIpc) is 2.36. The zero-order valence-corrected chi connectivity index (χ0v) is 6.82. The Balaban J connectivity index is 0.000001000. The number of alkyl halides is 2. The quantitative estimate of drug-likeness (QED) is 0.701. The Bertz CT molecular complexity index is 109. The van der Waals surface area contributed by atoms with E-state index in [-0.39, 0.29) is 18.3 Å². The molecule has 1 saturated heterocycles. The molecule has 0 aromatic heterocycles. The Morgan fingerprint density at radius 3 is 2.45 bits per heavy atom. The molecule has 1 aliphatic heterocycles. The van der Waals surface area contributed by atoms with Crippen LogP contribution in [0.3, 0.4) is 0 Å². The Hall–Kier alpha value is 0.0700. The molecule has 1 aliphatic rings. The molecule has 2 atom stereocenters. The van der Waals surface area contributed by atoms with Crippen LogP contribution in [0.4, 0.5) is 8.78 Å². The molecule has 5 heteroatoms. The van der Waals surface area contributed by atoms with Gasteiger partial charge in [0.15, 0.2) is 0 Å². The van der Waals surface area contributed by atoms with E-state index in [1.807, 2.05) is 0 Å². The SMILES string of the molecule is Cl.N[C@@H](C(F)F)C1CCOC1. The molecule has 11 heavy (non-hydrogen) atoms. The predicted molar refractivity (Wildman–Crippen MR) is 40.2 cm³/mol. The molecule has 0 amide bonds. The van der Waals surface area contributed by atoms with Crippen LogP contribution in [-0.4, -0.2) is 25.7 Å². The van der Waals surface area contributed by atoms with E-state index in [0.29, 0.717) is 19.6 Å². The summed E-state index contributed by atoms with van der Waals surface area (Å²) in [7, 11) is 0. The number of nitrogens with two attached hydrogens (primary N) is 1. The van der Waals surface area contributed by atoms with Gasteiger partial charge in [0.05, 0.1) is 12.6 Å². The van der Waals surface area contributed by atoms with Gasteiger partial charge in [-0.05, 0) is 6.42 Å². The Morgan fingerprint density at radius 2 is 2.09 bits per heavy atom. The van der Waals surface area contributed by atoms with Crippen LogP contribution in [0.1, 0.15) is 6.42 Å². The van der Waals surface area contributed by atoms with E-state index in [1.165, 1.54) is 0 Å². The lowest BCUT2D eigenvalue weighted by Gasteiger charge is -2.15. The predicted octanol–water partition coefficient (Wildman–Crippen LogP) is 1.04. The molecule has 0 bridgehead atoms. The average molecular weight is 188 g/mol. The van der Waals surface area contributed by atoms with Gasteiger partial charge in [-0.1, -0.05) is 0 Å². The first kappa shape index (κ1) is 11.1. The topological polar surface area (TPSA) is 35.2 Å². The van der Waals surface area contributed by atoms with Crippen molar-refractivity contribution in [3.8, 4) is 0 Å². The third-order valence-electron chi connectivity index (χ3n) is 1.80. The van der Waals surface area contributed by atoms with Crippen molar-refractivity contribution >= 4 is 12.4 Å². The first-order valence-corrected chi connectivity index (χ1v) is 3.33. The summed E-state index contributed by atoms with van der Waals surface area (Å²) in [4.78, 5) is 0. The van der Waals surface area contributed by atoms with Crippen LogP contribution in [-0.2, 0) is 4.74 Å². The van der Waals surface area contributed by atoms with Crippen molar-refractivity contribution in [3.63, 3.8) is 0 Å². The maximum atomic E-state index is 11.9. The van der Waals surface area contributed by atoms with Crippen LogP contribution in [0.25, 0.3) is 0 Å². The fraction of sp³-hybridized carbons (Fsp3) is 1.00. The maximum Gasteiger partial charge on any atom is 0.253 e. The highest BCUT2D eigenvalue weighted by Gasteiger charge is 2.28. The lowest BCUT2D eigenvalue weighted by atomic mass is 10.0. The minimum absolute atomic E-state index is 0. The monoisotopic (exact) mass is 187 g/mol. The van der Waals surface area contributed by atoms with Gasteiger partial charge in [-0.3, -0.25) is 0 Å². The summed E-state index contributed by atoms with van der Waals surface area (Å²) >= 11 is 0. The second kappa shape index (κ2) is 4.85. The van der Waals surface area contributed by atoms with E-state index in [0.717, 1.165) is 0 Å². The minimum Gasteiger partial charge on any atom is -0.381 e. The first-order valence-electron chi connectivity index (χ1n) is 3.33. The summed E-state index contributed by atoms with van der Waals surface area (Å²) in [6.45, 7) is 0.969. The van der Waals surface area contributed by atoms with Gasteiger partial charge in [0.2, 0.25) is 0 Å². The number of rotatable bonds is 2. The smallest absolute Gasteiger partial charge is 0.253 e. The van der Waals surface area contributed by atoms with Crippen LogP contribution < -0.4 is 5.73 Å². The van der Waals surface area contributed by atoms with Crippen molar-refractivity contribution < 1.29 is 13.5 Å². The Kier molecular flexibility index (Phi) is 4.88. The fourth-order valence-electron chi connectivity index (χ4n) is 1.06. The molecule has 1 unspecified atom stereocenters. The van der Waals surface area contributed by atoms with Crippen molar-refractivity contribution in [2.75, 3.05) is 13.2 Å². The number of halogens is 3. The van der Waals surface area contributed by atoms with Crippen LogP contribution in [0.5, 0.6) is 0 Å². The molecule has 2 nitrogen and oxygen atoms in total. The van der Waals surface area contributed by atoms with Crippen LogP contribution in [0.2, 0.25) is 0 Å². The Morgan fingerprint density at radius 1 is 1.45 bits per heavy atom. The molecule has 1 heterocycles. The van der Waals surface area contributed by atoms with Gasteiger partial charge >= 0.3 is 0 Å². The molecule has 0 aromatic carbocycles. The lowest BCUT2D eigenvalue weighted by molar-refractivity contribution is 0.0814. The largest absolute Gasteiger partial charge is 0.381 e. The lowest BCUT2D eigenvalue weighted by Crippen LogP contribution is -2.37. The maximum absolute atomic E-state index is 11.9. The fourth-order valence-corrected chi connectivity index (χ4v) is 1.06. The number of ether oxygens (including phenoxy) is 1. The van der Waals surface area contributed by atoms with Crippen molar-refractivity contribution in [1.82, 2.24) is 0 Å². The summed E-state index contributed by atoms with van der Waals surface area (Å²) in [5.74, 6) is -0.139. The molecule has 1 fully saturated rings. The molecule has 0 spiro atoms. The van der Waals surface area contributed by atoms with E-state index in [2.05, 4.69) is 0 Å². The highest BCUT2D eigenvalue weighted by Crippen LogP contribution is 2.19. The van der Waals surface area contributed by atoms with Gasteiger partial charge < -0.3 is 10.5 Å². The zero-order chi connectivity index (χ0) is 7.56. The van der Waals surface area contributed by atoms with Gasteiger partial charge in [-0.15, -0.1) is 12.4 Å². The molecule has 0 aliphatic carbocycles. The minimum atomic E-state index is -2.41. The van der Waals surface area contributed by atoms with Gasteiger partial charge in [0.25, 0.3) is 6.43 Å². The van der Waals surface area contributed by atoms with Crippen molar-refractivity contribution in [2.24, 2.45) is 11.7 Å². The molecule has 2 N–H and O–H groups in total. The third kappa shape index (κ3) is 2.89. The van der Waals surface area contributed by atoms with Crippen molar-refractivity contribution in [3.05, 3.63) is 0 Å². The molecule has 0 radical (unpaired) electrons. The first-order chi connectivity index (χ1) is 4.72. The van der Waals surface area contributed by atoms with Gasteiger partial charge in [0.1, 0.15) is 0 Å². The van der Waals surface area contributed by atoms with E-state index in [9.17, 15) is 8.78 Å². The van der Waals surface area contributed by atoms with Crippen LogP contribution >= 0.6 is 12.4 Å². The summed E-state index contributed by atoms with van der Waals surface area (Å²) in [6, 6.07) is -0.998. The summed E-state index contributed by atoms with van der Waals surface area (Å²) < 4.78 is 28.7. The van der Waals surface area contributed by atoms with E-state index >= 15 is 0 Å². The number of hydrogen-bond acceptors (Lipinski definition) is 2. The summed E-state index contributed by atoms with van der Waals surface area (Å²) in [5, 5.41) is 0. The molecule has 68 valence electrons. The van der Waals surface area contributed by atoms with Crippen molar-refractivity contribution in [2.45, 2.75) is 18.9 Å². The zero-order valence-electron chi connectivity index (χ0n) is 6.00. The third-order valence-corrected chi connectivity index (χ3v) is 1.80. The summed E-state index contributed by atoms with van der Waals surface area (Å²) in [5.41, 5.74) is 5.19. The highest BCUT2D eigenvalue weighted by molar-refractivity contribution is 5.85. The van der Waals surface area contributed by atoms with Crippen molar-refractivity contribution in [1.29, 1.82) is 0 Å². The molecular formula is C6H12ClF2NO. The number of hydrogen-bond donors (Lipinski definition) is 1. The second-order valence-electron chi connectivity index (χ2n) is 2.54. The standard InChI is InChI=1S/C6H11F2NO.ClH/c7-6(8)5(9)4-1-2-10-3-4;/h4-6H,1-3,9H2;1H/t4?,5-;/m1./s1. The summed E-state index contributed by atoms with van der Waals surface area (Å²) in [6.07, 6.45) is -1.74. The van der Waals surface area contributed by atoms with Gasteiger partial charge in [-0.2, -0.15) is 0 Å². The molecule has 0 aromatic rings. The van der Waals surface area contributed by atoms with Crippen LogP contribution in [0, 0.1) is 5.92 Å². The molecular weight excluding hydrogens is 176 g/mol. The second-order valence-corrected chi connectivity index (χ2v) is 2.54. The Labute approximate surface area is 70.5 Å². The van der Waals surface area contributed by atoms with E-state index in [1.54, 1.807) is 0 Å². The van der Waals surface area contributed by atoms with E-state index in [4.69, 9.17) is 10.5 Å². The van der Waals surface area contributed by atoms with Gasteiger partial charge in [-0.25, -0.2) is 8.78 Å². The van der Waals surface area contributed by atoms with Crippen LogP contribution in [0.15, 0.2) is 0 Å². The normalized spacial score (nSPS) is 26.7. The van der Waals surface area contributed by atoms with Gasteiger partial charge in [0, 0.05) is 12.5 Å². The highest BCUT2D eigenvalue weighted by atomic mass is 35.5.